The molecule has 0 spiro atoms. The summed E-state index contributed by atoms with van der Waals surface area (Å²) in [5.41, 5.74) is 0. The molecule has 0 unspecified atom stereocenters. The van der Waals surface area contributed by atoms with E-state index in [9.17, 15) is 14.4 Å². The van der Waals surface area contributed by atoms with Gasteiger partial charge in [-0.2, -0.15) is 0 Å². The maximum Gasteiger partial charge on any atom is 0.546 e. The lowest BCUT2D eigenvalue weighted by Crippen LogP contribution is -2.39. The molecule has 0 saturated heterocycles. The summed E-state index contributed by atoms with van der Waals surface area (Å²) in [5.74, 6) is 0. The van der Waals surface area contributed by atoms with Gasteiger partial charge in [-0.1, -0.05) is 0 Å². The van der Waals surface area contributed by atoms with Crippen molar-refractivity contribution in [1.29, 1.82) is 0 Å². The lowest BCUT2D eigenvalue weighted by molar-refractivity contribution is -0.116. The van der Waals surface area contributed by atoms with Gasteiger partial charge in [-0.3, -0.25) is 0 Å². The second-order valence-electron chi connectivity index (χ2n) is 2.26. The van der Waals surface area contributed by atoms with Gasteiger partial charge < -0.3 is 14.4 Å². The fraction of sp³-hybridized carbons (Fsp3) is 0.500. The normalized spacial score (nSPS) is 8.70. The van der Waals surface area contributed by atoms with Crippen molar-refractivity contribution in [2.24, 2.45) is 0 Å². The van der Waals surface area contributed by atoms with Crippen LogP contribution in [0.5, 0.6) is 0 Å². The number of carbonyl (C=O) groups excluding carboxylic acids is 3. The van der Waals surface area contributed by atoms with Crippen molar-refractivity contribution < 1.29 is 14.4 Å². The minimum absolute atomic E-state index is 0.236. The molecule has 10 heavy (non-hydrogen) atoms. The first-order valence-corrected chi connectivity index (χ1v) is 4.71. The van der Waals surface area contributed by atoms with Crippen LogP contribution in [0.4, 0.5) is 0 Å². The highest BCUT2D eigenvalue weighted by Gasteiger charge is 2.35. The standard InChI is InChI=1S/3C2H3O.Al/c3*1-2-3;/h3*1H3;. The fourth-order valence-electron chi connectivity index (χ4n) is 0.859. The van der Waals surface area contributed by atoms with E-state index < -0.39 is 14.1 Å². The number of carbonyl (C=O) groups is 3. The van der Waals surface area contributed by atoms with Crippen LogP contribution < -0.4 is 0 Å². The quantitative estimate of drug-likeness (QED) is 0.534. The Bertz CT molecular complexity index is 152. The number of hydrogen-bond acceptors (Lipinski definition) is 3. The molecular weight excluding hydrogens is 147 g/mol. The molecule has 0 atom stereocenters. The van der Waals surface area contributed by atoms with Crippen LogP contribution in [0, 0.1) is 0 Å². The van der Waals surface area contributed by atoms with Crippen LogP contribution in [0.1, 0.15) is 20.8 Å². The van der Waals surface area contributed by atoms with Crippen LogP contribution in [0.15, 0.2) is 0 Å². The zero-order valence-corrected chi connectivity index (χ0v) is 7.46. The molecule has 0 fully saturated rings. The molecule has 0 aliphatic carbocycles. The first-order chi connectivity index (χ1) is 4.46. The molecule has 0 aliphatic rings. The Morgan fingerprint density at radius 2 is 1.00 bits per heavy atom. The third kappa shape index (κ3) is 2.42. The van der Waals surface area contributed by atoms with Crippen molar-refractivity contribution >= 4 is 28.1 Å². The maximum atomic E-state index is 10.6. The monoisotopic (exact) mass is 156 g/mol. The Morgan fingerprint density at radius 1 is 0.800 bits per heavy atom. The van der Waals surface area contributed by atoms with Gasteiger partial charge in [0, 0.05) is 0 Å². The van der Waals surface area contributed by atoms with Crippen molar-refractivity contribution in [3.05, 3.63) is 0 Å². The second-order valence-corrected chi connectivity index (χ2v) is 5.57. The van der Waals surface area contributed by atoms with Crippen LogP contribution in [0.25, 0.3) is 0 Å². The van der Waals surface area contributed by atoms with E-state index in [0.717, 1.165) is 0 Å². The maximum absolute atomic E-state index is 10.6. The molecule has 0 radical (unpaired) electrons. The zero-order chi connectivity index (χ0) is 8.31. The predicted molar refractivity (Wildman–Crippen MR) is 37.8 cm³/mol. The van der Waals surface area contributed by atoms with Gasteiger partial charge in [0.1, 0.15) is 0 Å². The summed E-state index contributed by atoms with van der Waals surface area (Å²) < 4.78 is -0.708. The fourth-order valence-corrected chi connectivity index (χ4v) is 2.58. The average Bonchev–Trinajstić information content (AvgIpc) is 1.59. The number of rotatable bonds is 3. The Morgan fingerprint density at radius 3 is 1.00 bits per heavy atom. The van der Waals surface area contributed by atoms with Crippen molar-refractivity contribution in [1.82, 2.24) is 0 Å². The van der Waals surface area contributed by atoms with Crippen LogP contribution in [0.3, 0.4) is 0 Å². The topological polar surface area (TPSA) is 51.2 Å². The Kier molecular flexibility index (Phi) is 3.48. The van der Waals surface area contributed by atoms with Crippen LogP contribution in [-0.2, 0) is 14.4 Å². The summed E-state index contributed by atoms with van der Waals surface area (Å²) >= 11 is -2.37. The van der Waals surface area contributed by atoms with E-state index in [1.165, 1.54) is 20.8 Å². The molecule has 54 valence electrons. The molecule has 0 bridgehead atoms. The summed E-state index contributed by atoms with van der Waals surface area (Å²) in [7, 11) is 0. The smallest absolute Gasteiger partial charge is 0.320 e. The minimum atomic E-state index is -2.37. The summed E-state index contributed by atoms with van der Waals surface area (Å²) in [4.78, 5) is 31.9. The molecule has 0 saturated carbocycles. The van der Waals surface area contributed by atoms with Crippen LogP contribution >= 0.6 is 0 Å². The van der Waals surface area contributed by atoms with Gasteiger partial charge in [0.05, 0.1) is 13.9 Å². The summed E-state index contributed by atoms with van der Waals surface area (Å²) in [6, 6.07) is 0. The Hall–Kier alpha value is -0.458. The molecular formula is C6H9AlO3. The highest BCUT2D eigenvalue weighted by Crippen LogP contribution is 1.88. The molecule has 3 nitrogen and oxygen atoms in total. The Balaban J connectivity index is 4.43. The molecule has 0 N–H and O–H groups in total. The van der Waals surface area contributed by atoms with Crippen LogP contribution in [0.2, 0.25) is 0 Å². The van der Waals surface area contributed by atoms with Gasteiger partial charge in [0.25, 0.3) is 0 Å². The summed E-state index contributed by atoms with van der Waals surface area (Å²) in [6.07, 6.45) is 0. The number of hydrogen-bond donors (Lipinski definition) is 0. The first-order valence-electron chi connectivity index (χ1n) is 2.98. The molecule has 0 amide bonds. The van der Waals surface area contributed by atoms with Gasteiger partial charge >= 0.3 is 14.1 Å². The molecule has 0 heterocycles. The lowest BCUT2D eigenvalue weighted by Gasteiger charge is -1.95. The minimum Gasteiger partial charge on any atom is -0.320 e. The third-order valence-electron chi connectivity index (χ3n) is 1.22. The molecule has 0 aromatic rings. The lowest BCUT2D eigenvalue weighted by atomic mass is 10.9. The van der Waals surface area contributed by atoms with Crippen molar-refractivity contribution in [2.45, 2.75) is 20.8 Å². The average molecular weight is 156 g/mol. The molecule has 4 heteroatoms. The van der Waals surface area contributed by atoms with E-state index in [-0.39, 0.29) is 13.9 Å². The SMILES string of the molecule is C[C](=O)[Al]([C](C)=O)[C](C)=O. The van der Waals surface area contributed by atoms with Crippen molar-refractivity contribution in [3.63, 3.8) is 0 Å². The van der Waals surface area contributed by atoms with Gasteiger partial charge in [-0.05, 0) is 20.8 Å². The summed E-state index contributed by atoms with van der Waals surface area (Å²) in [5, 5.41) is 0. The van der Waals surface area contributed by atoms with E-state index >= 15 is 0 Å². The van der Waals surface area contributed by atoms with E-state index in [0.29, 0.717) is 0 Å². The zero-order valence-electron chi connectivity index (χ0n) is 6.30. The molecule has 0 aromatic heterocycles. The van der Waals surface area contributed by atoms with Crippen LogP contribution in [-0.4, -0.2) is 28.1 Å². The van der Waals surface area contributed by atoms with E-state index in [1.807, 2.05) is 0 Å². The van der Waals surface area contributed by atoms with Gasteiger partial charge in [-0.15, -0.1) is 0 Å². The van der Waals surface area contributed by atoms with Crippen molar-refractivity contribution in [3.8, 4) is 0 Å². The first kappa shape index (κ1) is 9.54. The molecule has 0 aliphatic heterocycles. The van der Waals surface area contributed by atoms with E-state index in [2.05, 4.69) is 0 Å². The largest absolute Gasteiger partial charge is 0.546 e. The summed E-state index contributed by atoms with van der Waals surface area (Å²) in [6.45, 7) is 3.92. The highest BCUT2D eigenvalue weighted by molar-refractivity contribution is 7.27. The third-order valence-corrected chi connectivity index (χ3v) is 3.66. The highest BCUT2D eigenvalue weighted by atomic mass is 27.2. The van der Waals surface area contributed by atoms with Gasteiger partial charge in [0.2, 0.25) is 0 Å². The molecule has 0 rings (SSSR count). The predicted octanol–water partition coefficient (Wildman–Crippen LogP) is -0.134. The van der Waals surface area contributed by atoms with Gasteiger partial charge in [-0.25, -0.2) is 0 Å². The Labute approximate surface area is 63.8 Å². The van der Waals surface area contributed by atoms with Crippen molar-refractivity contribution in [2.75, 3.05) is 0 Å². The molecule has 0 aromatic carbocycles. The van der Waals surface area contributed by atoms with Gasteiger partial charge in [0.15, 0.2) is 0 Å². The second kappa shape index (κ2) is 3.65. The van der Waals surface area contributed by atoms with E-state index in [1.54, 1.807) is 0 Å². The van der Waals surface area contributed by atoms with E-state index in [4.69, 9.17) is 0 Å².